The highest BCUT2D eigenvalue weighted by Gasteiger charge is 2.19. The van der Waals surface area contributed by atoms with Gasteiger partial charge in [0.25, 0.3) is 0 Å². The van der Waals surface area contributed by atoms with Gasteiger partial charge < -0.3 is 10.5 Å². The van der Waals surface area contributed by atoms with Crippen molar-refractivity contribution >= 4 is 15.7 Å². The summed E-state index contributed by atoms with van der Waals surface area (Å²) >= 11 is 0. The minimum atomic E-state index is -3.50. The van der Waals surface area contributed by atoms with Gasteiger partial charge in [0.2, 0.25) is 10.0 Å². The van der Waals surface area contributed by atoms with E-state index in [1.807, 2.05) is 0 Å². The standard InChI is InChI=1S/C12H18N2O3S/c13-11-3-1-2-4-12(11)18(15,16)14-7-5-10-6-8-17-9-10/h1-4,10,14H,5-9,13H2. The number of rotatable bonds is 5. The Bertz CT molecular complexity index is 496. The number of hydrogen-bond donors (Lipinski definition) is 2. The summed E-state index contributed by atoms with van der Waals surface area (Å²) < 4.78 is 31.8. The van der Waals surface area contributed by atoms with Crippen molar-refractivity contribution in [2.45, 2.75) is 17.7 Å². The van der Waals surface area contributed by atoms with E-state index in [0.29, 0.717) is 12.5 Å². The molecule has 100 valence electrons. The second kappa shape index (κ2) is 5.69. The molecule has 1 atom stereocenters. The van der Waals surface area contributed by atoms with Gasteiger partial charge in [-0.2, -0.15) is 0 Å². The molecule has 0 aromatic heterocycles. The number of nitrogens with two attached hydrogens (primary N) is 1. The van der Waals surface area contributed by atoms with E-state index in [4.69, 9.17) is 10.5 Å². The Labute approximate surface area is 107 Å². The van der Waals surface area contributed by atoms with E-state index in [1.54, 1.807) is 18.2 Å². The Morgan fingerprint density at radius 2 is 2.17 bits per heavy atom. The molecule has 1 fully saturated rings. The average molecular weight is 270 g/mol. The van der Waals surface area contributed by atoms with Gasteiger partial charge in [0, 0.05) is 19.8 Å². The lowest BCUT2D eigenvalue weighted by Crippen LogP contribution is -2.27. The van der Waals surface area contributed by atoms with Crippen molar-refractivity contribution in [3.8, 4) is 0 Å². The minimum Gasteiger partial charge on any atom is -0.398 e. The molecule has 1 aromatic carbocycles. The van der Waals surface area contributed by atoms with Crippen LogP contribution in [0.4, 0.5) is 5.69 Å². The van der Waals surface area contributed by atoms with Crippen molar-refractivity contribution in [3.63, 3.8) is 0 Å². The average Bonchev–Trinajstić information content (AvgIpc) is 2.82. The van der Waals surface area contributed by atoms with Crippen molar-refractivity contribution in [2.75, 3.05) is 25.5 Å². The number of ether oxygens (including phenoxy) is 1. The van der Waals surface area contributed by atoms with Gasteiger partial charge in [0.05, 0.1) is 5.69 Å². The molecule has 2 rings (SSSR count). The second-order valence-corrected chi connectivity index (χ2v) is 6.19. The van der Waals surface area contributed by atoms with E-state index >= 15 is 0 Å². The van der Waals surface area contributed by atoms with Gasteiger partial charge in [-0.3, -0.25) is 0 Å². The predicted molar refractivity (Wildman–Crippen MR) is 69.6 cm³/mol. The Kier molecular flexibility index (Phi) is 4.21. The summed E-state index contributed by atoms with van der Waals surface area (Å²) in [5, 5.41) is 0. The van der Waals surface area contributed by atoms with Crippen LogP contribution in [0.2, 0.25) is 0 Å². The number of nitrogens with one attached hydrogen (secondary N) is 1. The summed E-state index contributed by atoms with van der Waals surface area (Å²) in [6.07, 6.45) is 1.81. The number of nitrogen functional groups attached to an aromatic ring is 1. The van der Waals surface area contributed by atoms with Gasteiger partial charge in [-0.15, -0.1) is 0 Å². The van der Waals surface area contributed by atoms with E-state index < -0.39 is 10.0 Å². The van der Waals surface area contributed by atoms with Crippen LogP contribution in [0.5, 0.6) is 0 Å². The van der Waals surface area contributed by atoms with Crippen molar-refractivity contribution < 1.29 is 13.2 Å². The third-order valence-electron chi connectivity index (χ3n) is 3.08. The molecule has 18 heavy (non-hydrogen) atoms. The molecule has 1 aromatic rings. The number of benzene rings is 1. The van der Waals surface area contributed by atoms with Gasteiger partial charge >= 0.3 is 0 Å². The van der Waals surface area contributed by atoms with Crippen LogP contribution < -0.4 is 10.5 Å². The molecule has 3 N–H and O–H groups in total. The van der Waals surface area contributed by atoms with E-state index in [9.17, 15) is 8.42 Å². The SMILES string of the molecule is Nc1ccccc1S(=O)(=O)NCCC1CCOC1. The van der Waals surface area contributed by atoms with E-state index in [2.05, 4.69) is 4.72 Å². The fraction of sp³-hybridized carbons (Fsp3) is 0.500. The quantitative estimate of drug-likeness (QED) is 0.781. The number of hydrogen-bond acceptors (Lipinski definition) is 4. The maximum atomic E-state index is 12.0. The van der Waals surface area contributed by atoms with Crippen LogP contribution in [0, 0.1) is 5.92 Å². The molecule has 6 heteroatoms. The first-order valence-electron chi connectivity index (χ1n) is 6.01. The van der Waals surface area contributed by atoms with Gasteiger partial charge in [0.15, 0.2) is 0 Å². The first-order valence-corrected chi connectivity index (χ1v) is 7.50. The van der Waals surface area contributed by atoms with Crippen LogP contribution in [0.25, 0.3) is 0 Å². The molecule has 0 aliphatic carbocycles. The van der Waals surface area contributed by atoms with Crippen LogP contribution >= 0.6 is 0 Å². The number of sulfonamides is 1. The van der Waals surface area contributed by atoms with E-state index in [-0.39, 0.29) is 10.6 Å². The smallest absolute Gasteiger partial charge is 0.242 e. The highest BCUT2D eigenvalue weighted by atomic mass is 32.2. The normalized spacial score (nSPS) is 20.1. The maximum absolute atomic E-state index is 12.0. The summed E-state index contributed by atoms with van der Waals surface area (Å²) in [5.41, 5.74) is 5.93. The van der Waals surface area contributed by atoms with Gasteiger partial charge in [-0.05, 0) is 30.9 Å². The molecule has 1 unspecified atom stereocenters. The van der Waals surface area contributed by atoms with Crippen LogP contribution in [-0.4, -0.2) is 28.2 Å². The number of anilines is 1. The Hall–Kier alpha value is -1.11. The maximum Gasteiger partial charge on any atom is 0.242 e. The van der Waals surface area contributed by atoms with E-state index in [1.165, 1.54) is 6.07 Å². The summed E-state index contributed by atoms with van der Waals surface area (Å²) in [7, 11) is -3.50. The molecule has 0 saturated carbocycles. The van der Waals surface area contributed by atoms with Crippen molar-refractivity contribution in [1.82, 2.24) is 4.72 Å². The zero-order valence-electron chi connectivity index (χ0n) is 10.1. The zero-order chi connectivity index (χ0) is 13.0. The lowest BCUT2D eigenvalue weighted by Gasteiger charge is -2.10. The molecule has 1 aliphatic rings. The molecule has 5 nitrogen and oxygen atoms in total. The minimum absolute atomic E-state index is 0.146. The molecule has 1 saturated heterocycles. The molecule has 1 heterocycles. The van der Waals surface area contributed by atoms with Crippen molar-refractivity contribution in [3.05, 3.63) is 24.3 Å². The van der Waals surface area contributed by atoms with Crippen molar-refractivity contribution in [1.29, 1.82) is 0 Å². The predicted octanol–water partition coefficient (Wildman–Crippen LogP) is 0.974. The van der Waals surface area contributed by atoms with Gasteiger partial charge in [0.1, 0.15) is 4.90 Å². The molecule has 0 bridgehead atoms. The summed E-state index contributed by atoms with van der Waals surface area (Å²) in [4.78, 5) is 0.146. The fourth-order valence-corrected chi connectivity index (χ4v) is 3.19. The summed E-state index contributed by atoms with van der Waals surface area (Å²) in [6, 6.07) is 6.47. The molecule has 1 aliphatic heterocycles. The third kappa shape index (κ3) is 3.22. The summed E-state index contributed by atoms with van der Waals surface area (Å²) in [6.45, 7) is 1.93. The first kappa shape index (κ1) is 13.3. The van der Waals surface area contributed by atoms with Crippen LogP contribution in [0.3, 0.4) is 0 Å². The highest BCUT2D eigenvalue weighted by molar-refractivity contribution is 7.89. The first-order chi connectivity index (χ1) is 8.59. The molecular weight excluding hydrogens is 252 g/mol. The lowest BCUT2D eigenvalue weighted by atomic mass is 10.1. The molecule has 0 spiro atoms. The third-order valence-corrected chi connectivity index (χ3v) is 4.61. The van der Waals surface area contributed by atoms with Crippen molar-refractivity contribution in [2.24, 2.45) is 5.92 Å². The zero-order valence-corrected chi connectivity index (χ0v) is 10.9. The largest absolute Gasteiger partial charge is 0.398 e. The fourth-order valence-electron chi connectivity index (χ4n) is 2.01. The van der Waals surface area contributed by atoms with Crippen LogP contribution in [-0.2, 0) is 14.8 Å². The van der Waals surface area contributed by atoms with Crippen LogP contribution in [0.1, 0.15) is 12.8 Å². The monoisotopic (exact) mass is 270 g/mol. The Balaban J connectivity index is 1.93. The highest BCUT2D eigenvalue weighted by Crippen LogP contribution is 2.18. The van der Waals surface area contributed by atoms with Crippen LogP contribution in [0.15, 0.2) is 29.2 Å². The van der Waals surface area contributed by atoms with Gasteiger partial charge in [-0.25, -0.2) is 13.1 Å². The summed E-state index contributed by atoms with van der Waals surface area (Å²) in [5.74, 6) is 0.459. The van der Waals surface area contributed by atoms with E-state index in [0.717, 1.165) is 26.1 Å². The number of para-hydroxylation sites is 1. The molecular formula is C12H18N2O3S. The Morgan fingerprint density at radius 3 is 2.83 bits per heavy atom. The van der Waals surface area contributed by atoms with Gasteiger partial charge in [-0.1, -0.05) is 12.1 Å². The molecule has 0 amide bonds. The topological polar surface area (TPSA) is 81.4 Å². The second-order valence-electron chi connectivity index (χ2n) is 4.45. The Morgan fingerprint density at radius 1 is 1.39 bits per heavy atom. The molecule has 0 radical (unpaired) electrons. The lowest BCUT2D eigenvalue weighted by molar-refractivity contribution is 0.184.